The number of carbonyl (C=O) groups is 2. The lowest BCUT2D eigenvalue weighted by Gasteiger charge is -2.22. The van der Waals surface area contributed by atoms with Gasteiger partial charge in [-0.2, -0.15) is 8.78 Å². The molecule has 3 aromatic rings. The summed E-state index contributed by atoms with van der Waals surface area (Å²) in [5, 5.41) is 15.0. The van der Waals surface area contributed by atoms with Gasteiger partial charge in [0.15, 0.2) is 9.50 Å². The molecule has 1 unspecified atom stereocenters. The van der Waals surface area contributed by atoms with E-state index in [0.717, 1.165) is 35.2 Å². The number of hydrazine groups is 1. The maximum atomic E-state index is 13.5. The highest BCUT2D eigenvalue weighted by Gasteiger charge is 2.51. The van der Waals surface area contributed by atoms with Crippen LogP contribution in [0.1, 0.15) is 15.2 Å². The highest BCUT2D eigenvalue weighted by atomic mass is 35.5. The standard InChI is InChI=1S/C17H9ClF8N2O4.C6H8ClN5O2S/c18-8-6-7(4-5-11(8)31-16(22,23)14(21)32-17(24,25)26)27-15(30)28-13(29)12-9(19)2-1-3-10(12)20;1-8-6(11-12(13)14)10-3-4-2-9-5(7)15-4/h1-6,14H,(H2,27,28,29,30);2H,3H2,1H3,(H2,8,10,11). The minimum Gasteiger partial charge on any atom is -0.427 e. The molecule has 1 heterocycles. The maximum absolute atomic E-state index is 13.5. The van der Waals surface area contributed by atoms with Crippen molar-refractivity contribution in [1.82, 2.24) is 21.0 Å². The molecule has 3 rings (SSSR count). The van der Waals surface area contributed by atoms with Crippen molar-refractivity contribution in [2.24, 2.45) is 4.99 Å². The molecule has 3 amide bonds. The molecule has 13 nitrogen and oxygen atoms in total. The Hall–Kier alpha value is -4.54. The molecule has 0 spiro atoms. The SMILES string of the molecule is CN=C(NCc1cnc(Cl)s1)N[N+](=O)[O-].O=C(NC(=O)c1c(F)cccc1F)Nc1ccc(OC(F)(F)C(F)OC(F)(F)F)c(Cl)c1. The second kappa shape index (κ2) is 16.9. The molecule has 1 aromatic heterocycles. The summed E-state index contributed by atoms with van der Waals surface area (Å²) in [7, 11) is 1.44. The lowest BCUT2D eigenvalue weighted by molar-refractivity contribution is -0.525. The molecule has 0 aliphatic carbocycles. The van der Waals surface area contributed by atoms with Crippen molar-refractivity contribution in [1.29, 1.82) is 0 Å². The first-order chi connectivity index (χ1) is 21.8. The van der Waals surface area contributed by atoms with Gasteiger partial charge in [-0.05, 0) is 30.3 Å². The van der Waals surface area contributed by atoms with Crippen LogP contribution in [-0.2, 0) is 11.3 Å². The molecule has 1 atom stereocenters. The number of halogens is 10. The number of nitrogens with one attached hydrogen (secondary N) is 4. The van der Waals surface area contributed by atoms with Gasteiger partial charge in [0.05, 0.1) is 11.6 Å². The summed E-state index contributed by atoms with van der Waals surface area (Å²) in [6, 6.07) is 3.43. The molecule has 0 bridgehead atoms. The fraction of sp³-hybridized carbons (Fsp3) is 0.217. The number of hydrogen-bond donors (Lipinski definition) is 4. The number of aromatic nitrogens is 1. The zero-order chi connectivity index (χ0) is 35.5. The normalized spacial score (nSPS) is 12.3. The van der Waals surface area contributed by atoms with E-state index in [1.165, 1.54) is 18.4 Å². The number of guanidine groups is 1. The second-order valence-electron chi connectivity index (χ2n) is 8.07. The Bertz CT molecular complexity index is 1600. The number of hydrogen-bond acceptors (Lipinski definition) is 9. The van der Waals surface area contributed by atoms with Gasteiger partial charge in [-0.25, -0.2) is 37.8 Å². The first kappa shape index (κ1) is 38.6. The van der Waals surface area contributed by atoms with Crippen LogP contribution in [0.15, 0.2) is 47.6 Å². The number of imide groups is 1. The van der Waals surface area contributed by atoms with E-state index in [-0.39, 0.29) is 11.6 Å². The number of rotatable bonds is 9. The summed E-state index contributed by atoms with van der Waals surface area (Å²) in [6.45, 7) is 0.387. The van der Waals surface area contributed by atoms with Crippen LogP contribution in [0.3, 0.4) is 0 Å². The molecule has 0 aliphatic heterocycles. The Balaban J connectivity index is 0.000000427. The topological polar surface area (TPSA) is 169 Å². The van der Waals surface area contributed by atoms with Crippen LogP contribution in [0, 0.1) is 21.7 Å². The monoisotopic (exact) mass is 741 g/mol. The molecule has 4 N–H and O–H groups in total. The molecule has 0 radical (unpaired) electrons. The minimum atomic E-state index is -5.71. The van der Waals surface area contributed by atoms with Crippen molar-refractivity contribution in [2.75, 3.05) is 12.4 Å². The molecule has 0 saturated carbocycles. The number of urea groups is 1. The summed E-state index contributed by atoms with van der Waals surface area (Å²) < 4.78 is 109. The number of carbonyl (C=O) groups excluding carboxylic acids is 2. The Morgan fingerprint density at radius 2 is 1.77 bits per heavy atom. The van der Waals surface area contributed by atoms with E-state index >= 15 is 0 Å². The summed E-state index contributed by atoms with van der Waals surface area (Å²) in [6.07, 6.45) is -13.4. The number of amides is 3. The van der Waals surface area contributed by atoms with E-state index in [4.69, 9.17) is 23.2 Å². The quantitative estimate of drug-likeness (QED) is 0.0672. The average molecular weight is 742 g/mol. The Morgan fingerprint density at radius 1 is 1.13 bits per heavy atom. The van der Waals surface area contributed by atoms with Gasteiger partial charge >= 0.3 is 24.9 Å². The number of thiazole rings is 1. The van der Waals surface area contributed by atoms with Crippen molar-refractivity contribution < 1.29 is 59.2 Å². The summed E-state index contributed by atoms with van der Waals surface area (Å²) >= 11 is 12.5. The summed E-state index contributed by atoms with van der Waals surface area (Å²) in [4.78, 5) is 42.1. The van der Waals surface area contributed by atoms with Crippen molar-refractivity contribution >= 4 is 58.1 Å². The highest BCUT2D eigenvalue weighted by molar-refractivity contribution is 7.15. The number of ether oxygens (including phenoxy) is 2. The van der Waals surface area contributed by atoms with E-state index < -0.39 is 63.8 Å². The first-order valence-corrected chi connectivity index (χ1v) is 13.4. The first-order valence-electron chi connectivity index (χ1n) is 11.8. The fourth-order valence-electron chi connectivity index (χ4n) is 2.87. The van der Waals surface area contributed by atoms with Crippen LogP contribution in [0.25, 0.3) is 0 Å². The molecule has 0 aliphatic rings. The molecule has 0 fully saturated rings. The zero-order valence-electron chi connectivity index (χ0n) is 22.8. The molecule has 24 heteroatoms. The Labute approximate surface area is 271 Å². The number of nitrogens with zero attached hydrogens (tertiary/aromatic N) is 3. The molecule has 47 heavy (non-hydrogen) atoms. The van der Waals surface area contributed by atoms with E-state index in [1.807, 2.05) is 10.7 Å². The van der Waals surface area contributed by atoms with Crippen molar-refractivity contribution in [2.45, 2.75) is 25.4 Å². The minimum absolute atomic E-state index is 0.0875. The lowest BCUT2D eigenvalue weighted by Crippen LogP contribution is -2.41. The molecule has 256 valence electrons. The number of nitro groups is 1. The van der Waals surface area contributed by atoms with Crippen molar-refractivity contribution in [3.63, 3.8) is 0 Å². The van der Waals surface area contributed by atoms with Gasteiger partial charge < -0.3 is 15.4 Å². The van der Waals surface area contributed by atoms with Crippen LogP contribution in [-0.4, -0.2) is 53.8 Å². The largest absolute Gasteiger partial charge is 0.525 e. The van der Waals surface area contributed by atoms with E-state index in [0.29, 0.717) is 17.1 Å². The average Bonchev–Trinajstić information content (AvgIpc) is 3.36. The third-order valence-corrected chi connectivity index (χ3v) is 6.14. The molecular weight excluding hydrogens is 725 g/mol. The number of alkyl halides is 6. The van der Waals surface area contributed by atoms with Gasteiger partial charge in [0.25, 0.3) is 11.9 Å². The molecule has 2 aromatic carbocycles. The van der Waals surface area contributed by atoms with Crippen molar-refractivity contribution in [3.05, 3.63) is 84.3 Å². The van der Waals surface area contributed by atoms with Gasteiger partial charge in [-0.1, -0.05) is 34.7 Å². The van der Waals surface area contributed by atoms with Gasteiger partial charge in [0.1, 0.15) is 22.9 Å². The lowest BCUT2D eigenvalue weighted by atomic mass is 10.2. The van der Waals surface area contributed by atoms with Gasteiger partial charge in [-0.3, -0.25) is 15.1 Å². The number of benzene rings is 2. The van der Waals surface area contributed by atoms with Gasteiger partial charge in [0, 0.05) is 23.8 Å². The van der Waals surface area contributed by atoms with Gasteiger partial charge in [0.2, 0.25) is 0 Å². The number of anilines is 1. The maximum Gasteiger partial charge on any atom is 0.525 e. The third kappa shape index (κ3) is 13.0. The van der Waals surface area contributed by atoms with Crippen LogP contribution in [0.5, 0.6) is 5.75 Å². The molecular formula is C23H17Cl2F8N7O6S. The van der Waals surface area contributed by atoms with Crippen molar-refractivity contribution in [3.8, 4) is 5.75 Å². The number of aliphatic imine (C=N–C) groups is 1. The van der Waals surface area contributed by atoms with Gasteiger partial charge in [-0.15, -0.1) is 24.5 Å². The fourth-order valence-corrected chi connectivity index (χ4v) is 4.01. The van der Waals surface area contributed by atoms with Crippen LogP contribution < -0.4 is 26.1 Å². The summed E-state index contributed by atoms with van der Waals surface area (Å²) in [5.74, 6) is -4.84. The van der Waals surface area contributed by atoms with E-state index in [2.05, 4.69) is 24.8 Å². The van der Waals surface area contributed by atoms with Crippen LogP contribution in [0.4, 0.5) is 45.6 Å². The van der Waals surface area contributed by atoms with Crippen LogP contribution in [0.2, 0.25) is 9.49 Å². The Morgan fingerprint density at radius 3 is 2.28 bits per heavy atom. The second-order valence-corrected chi connectivity index (χ2v) is 10.2. The predicted octanol–water partition coefficient (Wildman–Crippen LogP) is 6.04. The molecule has 0 saturated heterocycles. The smallest absolute Gasteiger partial charge is 0.427 e. The summed E-state index contributed by atoms with van der Waals surface area (Å²) in [5.41, 5.74) is 0.601. The van der Waals surface area contributed by atoms with E-state index in [1.54, 1.807) is 11.5 Å². The third-order valence-electron chi connectivity index (χ3n) is 4.73. The Kier molecular flexibility index (Phi) is 13.9. The highest BCUT2D eigenvalue weighted by Crippen LogP contribution is 2.36. The predicted molar refractivity (Wildman–Crippen MR) is 149 cm³/mol. The van der Waals surface area contributed by atoms with E-state index in [9.17, 15) is 54.8 Å². The van der Waals surface area contributed by atoms with Crippen LogP contribution >= 0.6 is 34.5 Å². The zero-order valence-corrected chi connectivity index (χ0v) is 25.1.